The van der Waals surface area contributed by atoms with Crippen molar-refractivity contribution in [2.24, 2.45) is 5.92 Å². The van der Waals surface area contributed by atoms with Crippen molar-refractivity contribution in [2.45, 2.75) is 6.92 Å². The number of amides is 1. The second-order valence-electron chi connectivity index (χ2n) is 3.55. The molecule has 0 spiro atoms. The summed E-state index contributed by atoms with van der Waals surface area (Å²) in [5.41, 5.74) is 0.580. The molecule has 0 unspecified atom stereocenters. The summed E-state index contributed by atoms with van der Waals surface area (Å²) in [4.78, 5) is 16.3. The van der Waals surface area contributed by atoms with E-state index in [0.29, 0.717) is 16.6 Å². The minimum atomic E-state index is 0.0463. The maximum absolute atomic E-state index is 11.6. The Kier molecular flexibility index (Phi) is 2.04. The van der Waals surface area contributed by atoms with Crippen molar-refractivity contribution in [3.8, 4) is 0 Å². The lowest BCUT2D eigenvalue weighted by Gasteiger charge is -2.36. The van der Waals surface area contributed by atoms with Gasteiger partial charge in [-0.05, 0) is 12.0 Å². The highest BCUT2D eigenvalue weighted by molar-refractivity contribution is 6.30. The van der Waals surface area contributed by atoms with E-state index in [9.17, 15) is 4.79 Å². The second kappa shape index (κ2) is 3.07. The van der Waals surface area contributed by atoms with Gasteiger partial charge in [-0.15, -0.1) is 0 Å². The van der Waals surface area contributed by atoms with Crippen LogP contribution in [0.15, 0.2) is 12.3 Å². The van der Waals surface area contributed by atoms with E-state index in [0.717, 1.165) is 13.1 Å². The van der Waals surface area contributed by atoms with Crippen LogP contribution in [0.5, 0.6) is 0 Å². The van der Waals surface area contributed by atoms with Crippen molar-refractivity contribution in [1.29, 1.82) is 0 Å². The van der Waals surface area contributed by atoms with E-state index in [-0.39, 0.29) is 5.91 Å². The maximum atomic E-state index is 11.6. The summed E-state index contributed by atoms with van der Waals surface area (Å²) in [6.07, 6.45) is 1.62. The smallest absolute Gasteiger partial charge is 0.270 e. The number of H-pyrrole nitrogens is 1. The Bertz CT molecular complexity index is 328. The molecule has 3 nitrogen and oxygen atoms in total. The zero-order valence-corrected chi connectivity index (χ0v) is 8.14. The van der Waals surface area contributed by atoms with Crippen LogP contribution in [0.25, 0.3) is 0 Å². The molecular weight excluding hydrogens is 188 g/mol. The van der Waals surface area contributed by atoms with Gasteiger partial charge in [0.15, 0.2) is 0 Å². The van der Waals surface area contributed by atoms with Crippen molar-refractivity contribution in [3.05, 3.63) is 23.0 Å². The zero-order chi connectivity index (χ0) is 9.42. The number of aromatic amines is 1. The van der Waals surface area contributed by atoms with Gasteiger partial charge >= 0.3 is 0 Å². The van der Waals surface area contributed by atoms with Crippen LogP contribution in [0.1, 0.15) is 17.4 Å². The van der Waals surface area contributed by atoms with Gasteiger partial charge in [-0.3, -0.25) is 4.79 Å². The van der Waals surface area contributed by atoms with Crippen molar-refractivity contribution < 1.29 is 4.79 Å². The first-order valence-corrected chi connectivity index (χ1v) is 4.68. The normalized spacial score (nSPS) is 17.2. The van der Waals surface area contributed by atoms with Gasteiger partial charge < -0.3 is 9.88 Å². The van der Waals surface area contributed by atoms with E-state index in [1.54, 1.807) is 12.3 Å². The van der Waals surface area contributed by atoms with E-state index in [4.69, 9.17) is 11.6 Å². The van der Waals surface area contributed by atoms with Crippen molar-refractivity contribution in [3.63, 3.8) is 0 Å². The average Bonchev–Trinajstić information content (AvgIpc) is 2.45. The summed E-state index contributed by atoms with van der Waals surface area (Å²) in [6.45, 7) is 3.84. The molecule has 0 radical (unpaired) electrons. The van der Waals surface area contributed by atoms with Crippen LogP contribution in [0.4, 0.5) is 0 Å². The predicted molar refractivity (Wildman–Crippen MR) is 50.9 cm³/mol. The third kappa shape index (κ3) is 1.56. The number of likely N-dealkylation sites (tertiary alicyclic amines) is 1. The molecule has 0 aliphatic carbocycles. The molecule has 1 aliphatic heterocycles. The molecule has 2 rings (SSSR count). The molecule has 0 atom stereocenters. The lowest BCUT2D eigenvalue weighted by molar-refractivity contribution is 0.0525. The van der Waals surface area contributed by atoms with Gasteiger partial charge in [-0.2, -0.15) is 0 Å². The fourth-order valence-corrected chi connectivity index (χ4v) is 1.69. The van der Waals surface area contributed by atoms with Crippen molar-refractivity contribution in [1.82, 2.24) is 9.88 Å². The van der Waals surface area contributed by atoms with Crippen molar-refractivity contribution >= 4 is 17.5 Å². The van der Waals surface area contributed by atoms with E-state index >= 15 is 0 Å². The first-order chi connectivity index (χ1) is 6.16. The molecule has 13 heavy (non-hydrogen) atoms. The molecule has 1 aromatic heterocycles. The molecule has 1 amide bonds. The number of carbonyl (C=O) groups is 1. The fraction of sp³-hybridized carbons (Fsp3) is 0.444. The van der Waals surface area contributed by atoms with E-state index in [2.05, 4.69) is 11.9 Å². The Labute approximate surface area is 81.7 Å². The number of hydrogen-bond acceptors (Lipinski definition) is 1. The van der Waals surface area contributed by atoms with E-state index in [1.165, 1.54) is 0 Å². The van der Waals surface area contributed by atoms with Gasteiger partial charge in [0.1, 0.15) is 5.69 Å². The summed E-state index contributed by atoms with van der Waals surface area (Å²) in [5.74, 6) is 0.680. The first kappa shape index (κ1) is 8.63. The Morgan fingerprint density at radius 2 is 2.38 bits per heavy atom. The number of rotatable bonds is 1. The van der Waals surface area contributed by atoms with Crippen LogP contribution in [0.3, 0.4) is 0 Å². The molecule has 4 heteroatoms. The van der Waals surface area contributed by atoms with Gasteiger partial charge in [0.25, 0.3) is 5.91 Å². The minimum Gasteiger partial charge on any atom is -0.356 e. The third-order valence-corrected chi connectivity index (χ3v) is 2.45. The van der Waals surface area contributed by atoms with E-state index in [1.807, 2.05) is 4.90 Å². The number of hydrogen-bond donors (Lipinski definition) is 1. The highest BCUT2D eigenvalue weighted by atomic mass is 35.5. The summed E-state index contributed by atoms with van der Waals surface area (Å²) in [5, 5.41) is 0.580. The third-order valence-electron chi connectivity index (χ3n) is 2.23. The summed E-state index contributed by atoms with van der Waals surface area (Å²) in [7, 11) is 0. The Morgan fingerprint density at radius 1 is 1.69 bits per heavy atom. The van der Waals surface area contributed by atoms with Gasteiger partial charge in [0.05, 0.1) is 5.02 Å². The van der Waals surface area contributed by atoms with Crippen LogP contribution in [-0.4, -0.2) is 28.9 Å². The van der Waals surface area contributed by atoms with Crippen LogP contribution in [-0.2, 0) is 0 Å². The molecule has 0 aromatic carbocycles. The summed E-state index contributed by atoms with van der Waals surface area (Å²) in [6, 6.07) is 1.66. The molecule has 70 valence electrons. The van der Waals surface area contributed by atoms with Crippen LogP contribution in [0.2, 0.25) is 5.02 Å². The summed E-state index contributed by atoms with van der Waals surface area (Å²) >= 11 is 5.70. The average molecular weight is 199 g/mol. The molecular formula is C9H11ClN2O. The molecule has 1 aliphatic rings. The Morgan fingerprint density at radius 3 is 2.85 bits per heavy atom. The van der Waals surface area contributed by atoms with Crippen molar-refractivity contribution in [2.75, 3.05) is 13.1 Å². The Hall–Kier alpha value is -0.960. The van der Waals surface area contributed by atoms with Gasteiger partial charge in [-0.25, -0.2) is 0 Å². The quantitative estimate of drug-likeness (QED) is 0.734. The molecule has 0 bridgehead atoms. The van der Waals surface area contributed by atoms with E-state index < -0.39 is 0 Å². The fourth-order valence-electron chi connectivity index (χ4n) is 1.53. The van der Waals surface area contributed by atoms with Crippen LogP contribution < -0.4 is 0 Å². The van der Waals surface area contributed by atoms with Gasteiger partial charge in [-0.1, -0.05) is 18.5 Å². The topological polar surface area (TPSA) is 36.1 Å². The number of nitrogens with zero attached hydrogens (tertiary/aromatic N) is 1. The number of nitrogens with one attached hydrogen (secondary N) is 1. The second-order valence-corrected chi connectivity index (χ2v) is 3.98. The lowest BCUT2D eigenvalue weighted by atomic mass is 10.0. The minimum absolute atomic E-state index is 0.0463. The predicted octanol–water partition coefficient (Wildman–Crippen LogP) is 1.76. The van der Waals surface area contributed by atoms with Crippen LogP contribution in [0, 0.1) is 5.92 Å². The molecule has 1 fully saturated rings. The largest absolute Gasteiger partial charge is 0.356 e. The molecule has 1 N–H and O–H groups in total. The lowest BCUT2D eigenvalue weighted by Crippen LogP contribution is -2.48. The first-order valence-electron chi connectivity index (χ1n) is 4.30. The Balaban J connectivity index is 2.06. The number of halogens is 1. The molecule has 2 heterocycles. The van der Waals surface area contributed by atoms with Gasteiger partial charge in [0.2, 0.25) is 0 Å². The monoisotopic (exact) mass is 198 g/mol. The van der Waals surface area contributed by atoms with Gasteiger partial charge in [0, 0.05) is 19.3 Å². The maximum Gasteiger partial charge on any atom is 0.270 e. The highest BCUT2D eigenvalue weighted by Gasteiger charge is 2.28. The number of carbonyl (C=O) groups excluding carboxylic acids is 1. The van der Waals surface area contributed by atoms with Crippen LogP contribution >= 0.6 is 11.6 Å². The molecule has 1 aromatic rings. The SMILES string of the molecule is CC1CN(C(=O)c2cc(Cl)c[nH]2)C1. The number of aromatic nitrogens is 1. The standard InChI is InChI=1S/C9H11ClN2O/c1-6-4-12(5-6)9(13)8-2-7(10)3-11-8/h2-3,6,11H,4-5H2,1H3. The molecule has 0 saturated carbocycles. The zero-order valence-electron chi connectivity index (χ0n) is 7.38. The highest BCUT2D eigenvalue weighted by Crippen LogP contribution is 2.18. The molecule has 1 saturated heterocycles. The summed E-state index contributed by atoms with van der Waals surface area (Å²) < 4.78 is 0.